The van der Waals surface area contributed by atoms with Crippen molar-refractivity contribution in [1.29, 1.82) is 0 Å². The van der Waals surface area contributed by atoms with Gasteiger partial charge in [0.15, 0.2) is 0 Å². The van der Waals surface area contributed by atoms with E-state index in [1.807, 2.05) is 19.4 Å². The van der Waals surface area contributed by atoms with Crippen LogP contribution in [-0.2, 0) is 31.4 Å². The molecule has 0 saturated heterocycles. The van der Waals surface area contributed by atoms with Crippen molar-refractivity contribution in [3.63, 3.8) is 0 Å². The highest BCUT2D eigenvalue weighted by Gasteiger charge is 2.14. The number of aryl methyl sites for hydroxylation is 1. The van der Waals surface area contributed by atoms with E-state index in [2.05, 4.69) is 23.3 Å². The van der Waals surface area contributed by atoms with Gasteiger partial charge in [-0.1, -0.05) is 18.2 Å². The minimum Gasteiger partial charge on any atom is -0.372 e. The lowest BCUT2D eigenvalue weighted by Gasteiger charge is -2.12. The molecule has 0 aliphatic carbocycles. The van der Waals surface area contributed by atoms with Gasteiger partial charge in [0.2, 0.25) is 0 Å². The van der Waals surface area contributed by atoms with Crippen LogP contribution in [0.3, 0.4) is 0 Å². The SMILES string of the molecule is Cn1cc(CC(N)c2ccc3c(c2)COC3)cn1. The number of ether oxygens (including phenoxy) is 1. The first kappa shape index (κ1) is 11.4. The fourth-order valence-corrected chi connectivity index (χ4v) is 2.37. The predicted octanol–water partition coefficient (Wildman–Crippen LogP) is 1.69. The predicted molar refractivity (Wildman–Crippen MR) is 68.8 cm³/mol. The Labute approximate surface area is 106 Å². The number of hydrogen-bond donors (Lipinski definition) is 1. The van der Waals surface area contributed by atoms with Gasteiger partial charge in [-0.15, -0.1) is 0 Å². The Balaban J connectivity index is 1.78. The lowest BCUT2D eigenvalue weighted by molar-refractivity contribution is 0.134. The fraction of sp³-hybridized carbons (Fsp3) is 0.357. The summed E-state index contributed by atoms with van der Waals surface area (Å²) in [5.74, 6) is 0. The molecule has 2 aromatic rings. The van der Waals surface area contributed by atoms with Crippen LogP contribution < -0.4 is 5.73 Å². The third kappa shape index (κ3) is 2.17. The zero-order chi connectivity index (χ0) is 12.5. The summed E-state index contributed by atoms with van der Waals surface area (Å²) in [6, 6.07) is 6.42. The molecule has 1 aromatic heterocycles. The van der Waals surface area contributed by atoms with Crippen LogP contribution in [0.2, 0.25) is 0 Å². The molecule has 1 atom stereocenters. The second-order valence-corrected chi connectivity index (χ2v) is 4.85. The van der Waals surface area contributed by atoms with Gasteiger partial charge in [-0.3, -0.25) is 4.68 Å². The third-order valence-corrected chi connectivity index (χ3v) is 3.39. The van der Waals surface area contributed by atoms with E-state index < -0.39 is 0 Å². The maximum atomic E-state index is 6.25. The van der Waals surface area contributed by atoms with Crippen LogP contribution in [0.4, 0.5) is 0 Å². The minimum absolute atomic E-state index is 0.0140. The number of aromatic nitrogens is 2. The van der Waals surface area contributed by atoms with E-state index in [0.29, 0.717) is 6.61 Å². The molecule has 1 aliphatic rings. The number of fused-ring (bicyclic) bond motifs is 1. The second kappa shape index (κ2) is 4.55. The average molecular weight is 243 g/mol. The van der Waals surface area contributed by atoms with E-state index >= 15 is 0 Å². The highest BCUT2D eigenvalue weighted by Crippen LogP contribution is 2.24. The van der Waals surface area contributed by atoms with Crippen LogP contribution in [0, 0.1) is 0 Å². The molecule has 18 heavy (non-hydrogen) atoms. The van der Waals surface area contributed by atoms with Crippen LogP contribution in [0.15, 0.2) is 30.6 Å². The summed E-state index contributed by atoms with van der Waals surface area (Å²) in [4.78, 5) is 0. The van der Waals surface area contributed by atoms with E-state index in [1.54, 1.807) is 4.68 Å². The summed E-state index contributed by atoms with van der Waals surface area (Å²) in [7, 11) is 1.92. The Kier molecular flexibility index (Phi) is 2.89. The van der Waals surface area contributed by atoms with Gasteiger partial charge in [0.25, 0.3) is 0 Å². The van der Waals surface area contributed by atoms with Crippen LogP contribution in [0.5, 0.6) is 0 Å². The normalized spacial score (nSPS) is 15.7. The summed E-state index contributed by atoms with van der Waals surface area (Å²) in [6.45, 7) is 1.44. The van der Waals surface area contributed by atoms with E-state index in [0.717, 1.165) is 13.0 Å². The highest BCUT2D eigenvalue weighted by atomic mass is 16.5. The minimum atomic E-state index is 0.0140. The van der Waals surface area contributed by atoms with Gasteiger partial charge in [0.05, 0.1) is 19.4 Å². The smallest absolute Gasteiger partial charge is 0.0725 e. The molecule has 0 radical (unpaired) electrons. The van der Waals surface area contributed by atoms with Gasteiger partial charge in [-0.25, -0.2) is 0 Å². The molecule has 0 saturated carbocycles. The number of benzene rings is 1. The zero-order valence-electron chi connectivity index (χ0n) is 10.5. The number of nitrogens with two attached hydrogens (primary N) is 1. The van der Waals surface area contributed by atoms with Crippen molar-refractivity contribution in [2.24, 2.45) is 12.8 Å². The van der Waals surface area contributed by atoms with Gasteiger partial charge in [-0.2, -0.15) is 5.10 Å². The van der Waals surface area contributed by atoms with Crippen molar-refractivity contribution >= 4 is 0 Å². The molecule has 1 aliphatic heterocycles. The molecule has 0 bridgehead atoms. The Morgan fingerprint density at radius 3 is 3.00 bits per heavy atom. The summed E-state index contributed by atoms with van der Waals surface area (Å²) in [5, 5.41) is 4.16. The molecule has 0 fully saturated rings. The maximum absolute atomic E-state index is 6.25. The molecule has 0 amide bonds. The Hall–Kier alpha value is -1.65. The molecule has 2 N–H and O–H groups in total. The maximum Gasteiger partial charge on any atom is 0.0725 e. The molecule has 3 rings (SSSR count). The molecule has 94 valence electrons. The molecule has 1 aromatic carbocycles. The number of rotatable bonds is 3. The largest absolute Gasteiger partial charge is 0.372 e. The molecule has 4 nitrogen and oxygen atoms in total. The van der Waals surface area contributed by atoms with Crippen molar-refractivity contribution < 1.29 is 4.74 Å². The Morgan fingerprint density at radius 2 is 2.22 bits per heavy atom. The van der Waals surface area contributed by atoms with Gasteiger partial charge < -0.3 is 10.5 Å². The standard InChI is InChI=1S/C14H17N3O/c1-17-7-10(6-16-17)4-14(15)11-2-3-12-8-18-9-13(12)5-11/h2-3,5-7,14H,4,8-9,15H2,1H3. The van der Waals surface area contributed by atoms with Gasteiger partial charge in [-0.05, 0) is 28.7 Å². The molecular formula is C14H17N3O. The van der Waals surface area contributed by atoms with Crippen molar-refractivity contribution in [3.8, 4) is 0 Å². The molecule has 4 heteroatoms. The average Bonchev–Trinajstić information content (AvgIpc) is 2.96. The van der Waals surface area contributed by atoms with E-state index in [-0.39, 0.29) is 6.04 Å². The first-order valence-corrected chi connectivity index (χ1v) is 6.15. The highest BCUT2D eigenvalue weighted by molar-refractivity contribution is 5.35. The van der Waals surface area contributed by atoms with Crippen LogP contribution in [-0.4, -0.2) is 9.78 Å². The monoisotopic (exact) mass is 243 g/mol. The molecule has 1 unspecified atom stereocenters. The van der Waals surface area contributed by atoms with Crippen molar-refractivity contribution in [2.75, 3.05) is 0 Å². The van der Waals surface area contributed by atoms with Crippen molar-refractivity contribution in [2.45, 2.75) is 25.7 Å². The topological polar surface area (TPSA) is 53.1 Å². The molecular weight excluding hydrogens is 226 g/mol. The first-order chi connectivity index (χ1) is 8.72. The lowest BCUT2D eigenvalue weighted by atomic mass is 9.98. The van der Waals surface area contributed by atoms with Gasteiger partial charge in [0.1, 0.15) is 0 Å². The van der Waals surface area contributed by atoms with E-state index in [1.165, 1.54) is 22.3 Å². The Bertz CT molecular complexity index is 562. The summed E-state index contributed by atoms with van der Waals surface area (Å²) in [5.41, 5.74) is 11.1. The third-order valence-electron chi connectivity index (χ3n) is 3.39. The summed E-state index contributed by atoms with van der Waals surface area (Å²) in [6.07, 6.45) is 4.69. The van der Waals surface area contributed by atoms with Crippen molar-refractivity contribution in [1.82, 2.24) is 9.78 Å². The zero-order valence-corrected chi connectivity index (χ0v) is 10.5. The number of nitrogens with zero attached hydrogens (tertiary/aromatic N) is 2. The second-order valence-electron chi connectivity index (χ2n) is 4.85. The Morgan fingerprint density at radius 1 is 1.39 bits per heavy atom. The molecule has 2 heterocycles. The summed E-state index contributed by atoms with van der Waals surface area (Å²) < 4.78 is 7.22. The van der Waals surface area contributed by atoms with Crippen molar-refractivity contribution in [3.05, 3.63) is 52.8 Å². The van der Waals surface area contributed by atoms with E-state index in [9.17, 15) is 0 Å². The van der Waals surface area contributed by atoms with Gasteiger partial charge in [0, 0.05) is 19.3 Å². The first-order valence-electron chi connectivity index (χ1n) is 6.15. The quantitative estimate of drug-likeness (QED) is 0.892. The summed E-state index contributed by atoms with van der Waals surface area (Å²) >= 11 is 0. The fourth-order valence-electron chi connectivity index (χ4n) is 2.37. The van der Waals surface area contributed by atoms with Crippen LogP contribution >= 0.6 is 0 Å². The van der Waals surface area contributed by atoms with Gasteiger partial charge >= 0.3 is 0 Å². The molecule has 0 spiro atoms. The van der Waals surface area contributed by atoms with Crippen LogP contribution in [0.25, 0.3) is 0 Å². The van der Waals surface area contributed by atoms with E-state index in [4.69, 9.17) is 10.5 Å². The lowest BCUT2D eigenvalue weighted by Crippen LogP contribution is -2.13. The number of hydrogen-bond acceptors (Lipinski definition) is 3. The van der Waals surface area contributed by atoms with Crippen LogP contribution in [0.1, 0.15) is 28.3 Å².